The number of benzene rings is 2. The Balaban J connectivity index is 1.79. The fourth-order valence-corrected chi connectivity index (χ4v) is 4.82. The van der Waals surface area contributed by atoms with Crippen LogP contribution in [-0.4, -0.2) is 14.4 Å². The first-order valence-electron chi connectivity index (χ1n) is 9.31. The van der Waals surface area contributed by atoms with Crippen LogP contribution in [0.5, 0.6) is 0 Å². The molecule has 3 heterocycles. The molecule has 5 rings (SSSR count). The Morgan fingerprint density at radius 2 is 1.80 bits per heavy atom. The van der Waals surface area contributed by atoms with Crippen LogP contribution in [0.25, 0.3) is 27.5 Å². The van der Waals surface area contributed by atoms with Gasteiger partial charge in [0.05, 0.1) is 21.4 Å². The minimum Gasteiger partial charge on any atom is -0.338 e. The number of imidazole rings is 1. The number of hydrogen-bond donors (Lipinski definition) is 1. The maximum atomic E-state index is 6.53. The van der Waals surface area contributed by atoms with Gasteiger partial charge >= 0.3 is 0 Å². The normalized spacial score (nSPS) is 11.2. The quantitative estimate of drug-likeness (QED) is 0.308. The molecule has 0 aliphatic carbocycles. The lowest BCUT2D eigenvalue weighted by atomic mass is 10.1. The number of thiazole rings is 1. The van der Waals surface area contributed by atoms with Gasteiger partial charge in [0.25, 0.3) is 0 Å². The van der Waals surface area contributed by atoms with Crippen LogP contribution in [0.1, 0.15) is 5.56 Å². The average Bonchev–Trinajstić information content (AvgIpc) is 3.32. The highest BCUT2D eigenvalue weighted by molar-refractivity contribution is 7.15. The molecule has 0 spiro atoms. The molecule has 0 saturated carbocycles. The lowest BCUT2D eigenvalue weighted by molar-refractivity contribution is 1.22. The molecule has 2 aromatic carbocycles. The molecule has 1 N–H and O–H groups in total. The number of rotatable bonds is 4. The van der Waals surface area contributed by atoms with Gasteiger partial charge in [-0.25, -0.2) is 4.98 Å². The summed E-state index contributed by atoms with van der Waals surface area (Å²) in [6, 6.07) is 18.0. The number of aryl methyl sites for hydroxylation is 1. The summed E-state index contributed by atoms with van der Waals surface area (Å²) in [5.74, 6) is 0.814. The topological polar surface area (TPSA) is 42.2 Å². The van der Waals surface area contributed by atoms with Crippen LogP contribution < -0.4 is 5.32 Å². The molecule has 0 unspecified atom stereocenters. The van der Waals surface area contributed by atoms with Crippen LogP contribution in [0.15, 0.2) is 72.4 Å². The van der Waals surface area contributed by atoms with Crippen molar-refractivity contribution in [1.82, 2.24) is 14.4 Å². The van der Waals surface area contributed by atoms with E-state index >= 15 is 0 Å². The third kappa shape index (κ3) is 3.25. The standard InChI is InChI=1S/C23H16Cl2N4S/c1-14-6-5-9-17(24)20(14)27-22-21(16-10-11-26-12-18(16)25)28-23-29(22)19(13-30-23)15-7-3-2-4-8-15/h2-13,27H,1H3. The first-order chi connectivity index (χ1) is 14.6. The van der Waals surface area contributed by atoms with Crippen molar-refractivity contribution in [2.24, 2.45) is 0 Å². The summed E-state index contributed by atoms with van der Waals surface area (Å²) < 4.78 is 2.12. The smallest absolute Gasteiger partial charge is 0.196 e. The first kappa shape index (κ1) is 19.1. The van der Waals surface area contributed by atoms with Crippen LogP contribution in [0, 0.1) is 6.92 Å². The van der Waals surface area contributed by atoms with Gasteiger partial charge in [-0.3, -0.25) is 9.38 Å². The Hall–Kier alpha value is -2.86. The van der Waals surface area contributed by atoms with E-state index in [4.69, 9.17) is 28.2 Å². The van der Waals surface area contributed by atoms with Gasteiger partial charge in [-0.05, 0) is 30.2 Å². The predicted octanol–water partition coefficient (Wildman–Crippen LogP) is 7.48. The highest BCUT2D eigenvalue weighted by atomic mass is 35.5. The molecule has 0 radical (unpaired) electrons. The Morgan fingerprint density at radius 3 is 2.57 bits per heavy atom. The van der Waals surface area contributed by atoms with Crippen LogP contribution >= 0.6 is 34.5 Å². The summed E-state index contributed by atoms with van der Waals surface area (Å²) >= 11 is 14.6. The zero-order chi connectivity index (χ0) is 20.7. The van der Waals surface area contributed by atoms with E-state index in [9.17, 15) is 0 Å². The van der Waals surface area contributed by atoms with Crippen molar-refractivity contribution in [3.63, 3.8) is 0 Å². The molecule has 0 saturated heterocycles. The highest BCUT2D eigenvalue weighted by Gasteiger charge is 2.22. The number of fused-ring (bicyclic) bond motifs is 1. The van der Waals surface area contributed by atoms with E-state index in [2.05, 4.69) is 32.2 Å². The second kappa shape index (κ2) is 7.76. The lowest BCUT2D eigenvalue weighted by Gasteiger charge is -2.14. The molecule has 4 nitrogen and oxygen atoms in total. The van der Waals surface area contributed by atoms with Crippen LogP contribution in [-0.2, 0) is 0 Å². The zero-order valence-electron chi connectivity index (χ0n) is 15.9. The van der Waals surface area contributed by atoms with Gasteiger partial charge < -0.3 is 5.32 Å². The number of pyridine rings is 1. The van der Waals surface area contributed by atoms with Gasteiger partial charge in [0.15, 0.2) is 4.96 Å². The minimum absolute atomic E-state index is 0.545. The predicted molar refractivity (Wildman–Crippen MR) is 126 cm³/mol. The lowest BCUT2D eigenvalue weighted by Crippen LogP contribution is -2.00. The molecule has 148 valence electrons. The van der Waals surface area contributed by atoms with E-state index in [1.807, 2.05) is 49.4 Å². The molecule has 7 heteroatoms. The van der Waals surface area contributed by atoms with Crippen molar-refractivity contribution in [2.45, 2.75) is 6.92 Å². The number of para-hydroxylation sites is 1. The fourth-order valence-electron chi connectivity index (χ4n) is 3.45. The molecule has 30 heavy (non-hydrogen) atoms. The number of halogens is 2. The second-order valence-corrected chi connectivity index (χ2v) is 8.48. The number of anilines is 2. The largest absolute Gasteiger partial charge is 0.338 e. The number of nitrogens with zero attached hydrogens (tertiary/aromatic N) is 3. The summed E-state index contributed by atoms with van der Waals surface area (Å²) in [4.78, 5) is 9.89. The molecule has 0 fully saturated rings. The SMILES string of the molecule is Cc1cccc(Cl)c1Nc1c(-c2ccncc2Cl)nc2scc(-c3ccccc3)n12. The number of hydrogen-bond acceptors (Lipinski definition) is 4. The maximum Gasteiger partial charge on any atom is 0.196 e. The van der Waals surface area contributed by atoms with Gasteiger partial charge in [-0.15, -0.1) is 11.3 Å². The summed E-state index contributed by atoms with van der Waals surface area (Å²) in [5, 5.41) is 6.85. The Morgan fingerprint density at radius 1 is 0.967 bits per heavy atom. The fraction of sp³-hybridized carbons (Fsp3) is 0.0435. The molecule has 5 aromatic rings. The molecular formula is C23H16Cl2N4S. The second-order valence-electron chi connectivity index (χ2n) is 6.83. The zero-order valence-corrected chi connectivity index (χ0v) is 18.3. The van der Waals surface area contributed by atoms with E-state index < -0.39 is 0 Å². The minimum atomic E-state index is 0.545. The summed E-state index contributed by atoms with van der Waals surface area (Å²) in [6.07, 6.45) is 3.35. The van der Waals surface area contributed by atoms with Crippen molar-refractivity contribution >= 4 is 51.0 Å². The number of nitrogens with one attached hydrogen (secondary N) is 1. The molecule has 0 amide bonds. The van der Waals surface area contributed by atoms with Crippen LogP contribution in [0.2, 0.25) is 10.0 Å². The Labute approximate surface area is 187 Å². The van der Waals surface area contributed by atoms with E-state index in [0.717, 1.165) is 44.5 Å². The monoisotopic (exact) mass is 450 g/mol. The maximum absolute atomic E-state index is 6.53. The summed E-state index contributed by atoms with van der Waals surface area (Å²) in [5.41, 5.74) is 5.61. The molecule has 0 aliphatic heterocycles. The van der Waals surface area contributed by atoms with Crippen LogP contribution in [0.3, 0.4) is 0 Å². The highest BCUT2D eigenvalue weighted by Crippen LogP contribution is 2.40. The van der Waals surface area contributed by atoms with Gasteiger partial charge in [0.2, 0.25) is 0 Å². The van der Waals surface area contributed by atoms with E-state index in [0.29, 0.717) is 10.0 Å². The van der Waals surface area contributed by atoms with E-state index in [1.165, 1.54) is 0 Å². The summed E-state index contributed by atoms with van der Waals surface area (Å²) in [7, 11) is 0. The van der Waals surface area contributed by atoms with Gasteiger partial charge in [-0.1, -0.05) is 65.7 Å². The van der Waals surface area contributed by atoms with Crippen molar-refractivity contribution in [3.05, 3.63) is 88.0 Å². The average molecular weight is 451 g/mol. The molecule has 0 aliphatic rings. The molecule has 0 atom stereocenters. The van der Waals surface area contributed by atoms with Gasteiger partial charge in [-0.2, -0.15) is 0 Å². The van der Waals surface area contributed by atoms with Crippen LogP contribution in [0.4, 0.5) is 11.5 Å². The Bertz CT molecular complexity index is 1340. The van der Waals surface area contributed by atoms with Crippen molar-refractivity contribution in [2.75, 3.05) is 5.32 Å². The van der Waals surface area contributed by atoms with E-state index in [-0.39, 0.29) is 0 Å². The Kier molecular flexibility index (Phi) is 4.95. The summed E-state index contributed by atoms with van der Waals surface area (Å²) in [6.45, 7) is 2.03. The molecule has 0 bridgehead atoms. The van der Waals surface area contributed by atoms with Gasteiger partial charge in [0, 0.05) is 23.3 Å². The van der Waals surface area contributed by atoms with Crippen molar-refractivity contribution < 1.29 is 0 Å². The van der Waals surface area contributed by atoms with Crippen molar-refractivity contribution in [1.29, 1.82) is 0 Å². The third-order valence-corrected chi connectivity index (χ3v) is 6.37. The van der Waals surface area contributed by atoms with Crippen molar-refractivity contribution in [3.8, 4) is 22.5 Å². The number of aromatic nitrogens is 3. The van der Waals surface area contributed by atoms with E-state index in [1.54, 1.807) is 23.7 Å². The first-order valence-corrected chi connectivity index (χ1v) is 10.9. The molecular weight excluding hydrogens is 435 g/mol. The third-order valence-electron chi connectivity index (χ3n) is 4.93. The molecule has 3 aromatic heterocycles. The van der Waals surface area contributed by atoms with Gasteiger partial charge in [0.1, 0.15) is 11.5 Å².